The van der Waals surface area contributed by atoms with Gasteiger partial charge in [0, 0.05) is 58.4 Å². The van der Waals surface area contributed by atoms with E-state index >= 15 is 0 Å². The minimum Gasteiger partial charge on any atom is -0.447 e. The zero-order valence-corrected chi connectivity index (χ0v) is 27.1. The summed E-state index contributed by atoms with van der Waals surface area (Å²) in [4.78, 5) is 32.1. The maximum atomic E-state index is 12.8. The molecule has 0 radical (unpaired) electrons. The maximum Gasteiger partial charge on any atom is 0.411 e. The topological polar surface area (TPSA) is 105 Å². The molecule has 46 heavy (non-hydrogen) atoms. The van der Waals surface area contributed by atoms with E-state index in [9.17, 15) is 9.59 Å². The van der Waals surface area contributed by atoms with Gasteiger partial charge in [-0.3, -0.25) is 10.6 Å². The number of pyridine rings is 1. The summed E-state index contributed by atoms with van der Waals surface area (Å²) in [7, 11) is 0. The van der Waals surface area contributed by atoms with Crippen molar-refractivity contribution in [1.29, 1.82) is 0 Å². The summed E-state index contributed by atoms with van der Waals surface area (Å²) in [6.07, 6.45) is -1.50. The number of rotatable bonds is 12. The smallest absolute Gasteiger partial charge is 0.411 e. The Morgan fingerprint density at radius 3 is 1.96 bits per heavy atom. The van der Waals surface area contributed by atoms with Crippen molar-refractivity contribution in [3.05, 3.63) is 96.6 Å². The van der Waals surface area contributed by atoms with Crippen LogP contribution in [0.15, 0.2) is 91.0 Å². The van der Waals surface area contributed by atoms with Crippen LogP contribution in [-0.2, 0) is 16.1 Å². The minimum atomic E-state index is -0.621. The van der Waals surface area contributed by atoms with Crippen LogP contribution in [0.1, 0.15) is 19.4 Å². The van der Waals surface area contributed by atoms with Gasteiger partial charge in [-0.25, -0.2) is 14.6 Å². The number of ether oxygens (including phenoxy) is 2. The molecule has 5 rings (SSSR count). The number of nitrogens with one attached hydrogen (secondary N) is 3. The molecule has 0 fully saturated rings. The summed E-state index contributed by atoms with van der Waals surface area (Å²) in [5, 5.41) is 11.0. The number of benzene rings is 4. The van der Waals surface area contributed by atoms with Crippen LogP contribution < -0.4 is 20.9 Å². The van der Waals surface area contributed by atoms with E-state index in [1.54, 1.807) is 38.1 Å². The first-order chi connectivity index (χ1) is 22.3. The lowest BCUT2D eigenvalue weighted by Crippen LogP contribution is -2.27. The van der Waals surface area contributed by atoms with Gasteiger partial charge >= 0.3 is 12.2 Å². The first-order valence-corrected chi connectivity index (χ1v) is 16.0. The van der Waals surface area contributed by atoms with E-state index in [0.717, 1.165) is 33.2 Å². The number of alkyl halides is 2. The number of hydrogen-bond donors (Lipinski definition) is 3. The summed E-state index contributed by atoms with van der Waals surface area (Å²) < 4.78 is 10.9. The fourth-order valence-corrected chi connectivity index (χ4v) is 5.44. The number of fused-ring (bicyclic) bond motifs is 2. The summed E-state index contributed by atoms with van der Waals surface area (Å²) >= 11 is 11.9. The van der Waals surface area contributed by atoms with Gasteiger partial charge in [-0.2, -0.15) is 0 Å². The molecule has 0 aliphatic rings. The maximum absolute atomic E-state index is 12.8. The van der Waals surface area contributed by atoms with E-state index in [4.69, 9.17) is 37.7 Å². The first-order valence-electron chi connectivity index (χ1n) is 14.9. The monoisotopic (exact) mass is 659 g/mol. The lowest BCUT2D eigenvalue weighted by atomic mass is 10.1. The molecule has 0 unspecified atom stereocenters. The highest BCUT2D eigenvalue weighted by Crippen LogP contribution is 2.34. The molecule has 11 heteroatoms. The molecule has 3 N–H and O–H groups in total. The summed E-state index contributed by atoms with van der Waals surface area (Å²) in [5.41, 5.74) is 5.90. The standard InChI is InChI=1S/C35H35Cl2N5O4/c1-23(2)46-35(44)40-27-20-24(22-45-34(43)39-25-11-13-28(14-12-25)42(17-15-36)18-16-37)19-26(21-27)38-33-29-7-3-5-9-31(29)41-32-10-6-4-8-30(32)33/h3-14,19-21,23H,15-18,22H2,1-2H3,(H,38,41)(H,39,43)(H,40,44). The van der Waals surface area contributed by atoms with Crippen LogP contribution in [0, 0.1) is 0 Å². The Morgan fingerprint density at radius 2 is 1.35 bits per heavy atom. The van der Waals surface area contributed by atoms with Gasteiger partial charge in [0.15, 0.2) is 0 Å². The number of nitrogens with zero attached hydrogens (tertiary/aromatic N) is 2. The molecule has 1 heterocycles. The third-order valence-electron chi connectivity index (χ3n) is 7.00. The number of halogens is 2. The van der Waals surface area contributed by atoms with E-state index in [1.165, 1.54) is 0 Å². The highest BCUT2D eigenvalue weighted by atomic mass is 35.5. The van der Waals surface area contributed by atoms with Crippen molar-refractivity contribution in [2.75, 3.05) is 45.7 Å². The normalized spacial score (nSPS) is 11.0. The molecule has 0 aliphatic heterocycles. The van der Waals surface area contributed by atoms with Crippen LogP contribution in [0.4, 0.5) is 38.0 Å². The number of aromatic nitrogens is 1. The predicted molar refractivity (Wildman–Crippen MR) is 188 cm³/mol. The summed E-state index contributed by atoms with van der Waals surface area (Å²) in [6, 6.07) is 28.6. The van der Waals surface area contributed by atoms with Crippen LogP contribution in [0.5, 0.6) is 0 Å². The molecule has 0 saturated carbocycles. The SMILES string of the molecule is CC(C)OC(=O)Nc1cc(COC(=O)Nc2ccc(N(CCCl)CCCl)cc2)cc(Nc2c3ccccc3nc3ccccc23)c1. The molecular formula is C35H35Cl2N5O4. The van der Waals surface area contributed by atoms with Gasteiger partial charge in [0.2, 0.25) is 0 Å². The second kappa shape index (κ2) is 15.5. The lowest BCUT2D eigenvalue weighted by Gasteiger charge is -2.23. The zero-order chi connectivity index (χ0) is 32.5. The van der Waals surface area contributed by atoms with Gasteiger partial charge in [-0.05, 0) is 74.0 Å². The third-order valence-corrected chi connectivity index (χ3v) is 7.33. The van der Waals surface area contributed by atoms with Gasteiger partial charge in [0.25, 0.3) is 0 Å². The summed E-state index contributed by atoms with van der Waals surface area (Å²) in [5.74, 6) is 0.956. The van der Waals surface area contributed by atoms with Crippen LogP contribution in [-0.4, -0.2) is 48.1 Å². The van der Waals surface area contributed by atoms with E-state index < -0.39 is 12.2 Å². The van der Waals surface area contributed by atoms with Crippen LogP contribution >= 0.6 is 23.2 Å². The Kier molecular flexibility index (Phi) is 11.0. The first kappa shape index (κ1) is 32.7. The molecule has 238 valence electrons. The van der Waals surface area contributed by atoms with Crippen molar-refractivity contribution < 1.29 is 19.1 Å². The molecule has 9 nitrogen and oxygen atoms in total. The minimum absolute atomic E-state index is 0.0512. The fraction of sp³-hybridized carbons (Fsp3) is 0.229. The van der Waals surface area contributed by atoms with Gasteiger partial charge in [0.05, 0.1) is 22.8 Å². The molecule has 0 atom stereocenters. The number of hydrogen-bond acceptors (Lipinski definition) is 7. The van der Waals surface area contributed by atoms with Crippen molar-refractivity contribution in [3.63, 3.8) is 0 Å². The molecule has 0 aliphatic carbocycles. The number of amides is 2. The molecule has 0 saturated heterocycles. The number of carbonyl (C=O) groups is 2. The van der Waals surface area contributed by atoms with Gasteiger partial charge < -0.3 is 19.7 Å². The Labute approximate surface area is 277 Å². The zero-order valence-electron chi connectivity index (χ0n) is 25.6. The van der Waals surface area contributed by atoms with E-state index in [2.05, 4.69) is 20.9 Å². The largest absolute Gasteiger partial charge is 0.447 e. The van der Waals surface area contributed by atoms with Crippen molar-refractivity contribution in [1.82, 2.24) is 4.98 Å². The molecule has 0 bridgehead atoms. The fourth-order valence-electron chi connectivity index (χ4n) is 5.03. The number of anilines is 5. The average molecular weight is 661 g/mol. The molecule has 2 amide bonds. The van der Waals surface area contributed by atoms with Crippen LogP contribution in [0.3, 0.4) is 0 Å². The number of para-hydroxylation sites is 2. The van der Waals surface area contributed by atoms with E-state index in [0.29, 0.717) is 47.5 Å². The summed E-state index contributed by atoms with van der Waals surface area (Å²) in [6.45, 7) is 4.83. The van der Waals surface area contributed by atoms with Gasteiger partial charge in [-0.15, -0.1) is 23.2 Å². The highest BCUT2D eigenvalue weighted by Gasteiger charge is 2.14. The Morgan fingerprint density at radius 1 is 0.761 bits per heavy atom. The highest BCUT2D eigenvalue weighted by molar-refractivity contribution is 6.18. The predicted octanol–water partition coefficient (Wildman–Crippen LogP) is 9.12. The Hall–Kier alpha value is -4.73. The quantitative estimate of drug-likeness (QED) is 0.0906. The number of carbonyl (C=O) groups excluding carboxylic acids is 2. The van der Waals surface area contributed by atoms with Gasteiger partial charge in [-0.1, -0.05) is 36.4 Å². The van der Waals surface area contributed by atoms with Crippen molar-refractivity contribution in [2.45, 2.75) is 26.6 Å². The molecule has 1 aromatic heterocycles. The lowest BCUT2D eigenvalue weighted by molar-refractivity contribution is 0.130. The van der Waals surface area contributed by atoms with Crippen LogP contribution in [0.25, 0.3) is 21.8 Å². The van der Waals surface area contributed by atoms with E-state index in [1.807, 2.05) is 66.7 Å². The van der Waals surface area contributed by atoms with Crippen molar-refractivity contribution >= 4 is 85.6 Å². The van der Waals surface area contributed by atoms with Crippen molar-refractivity contribution in [2.24, 2.45) is 0 Å². The second-order valence-electron chi connectivity index (χ2n) is 10.8. The molecule has 0 spiro atoms. The van der Waals surface area contributed by atoms with Gasteiger partial charge in [0.1, 0.15) is 6.61 Å². The molecular weight excluding hydrogens is 625 g/mol. The average Bonchev–Trinajstić information content (AvgIpc) is 3.03. The second-order valence-corrected chi connectivity index (χ2v) is 11.5. The Balaban J connectivity index is 1.36. The molecule has 4 aromatic carbocycles. The van der Waals surface area contributed by atoms with Crippen LogP contribution in [0.2, 0.25) is 0 Å². The van der Waals surface area contributed by atoms with Crippen molar-refractivity contribution in [3.8, 4) is 0 Å². The Bertz CT molecular complexity index is 1760. The third kappa shape index (κ3) is 8.50. The molecule has 5 aromatic rings. The van der Waals surface area contributed by atoms with E-state index in [-0.39, 0.29) is 12.7 Å².